The van der Waals surface area contributed by atoms with Crippen LogP contribution in [0.3, 0.4) is 0 Å². The van der Waals surface area contributed by atoms with Crippen LogP contribution < -0.4 is 0 Å². The van der Waals surface area contributed by atoms with Gasteiger partial charge in [-0.15, -0.1) is 5.10 Å². The normalized spacial score (nSPS) is 15.9. The highest BCUT2D eigenvalue weighted by Gasteiger charge is 2.30. The van der Waals surface area contributed by atoms with Crippen LogP contribution in [0.15, 0.2) is 42.4 Å². The van der Waals surface area contributed by atoms with Gasteiger partial charge in [0.25, 0.3) is 5.95 Å². The third kappa shape index (κ3) is 7.24. The Morgan fingerprint density at radius 2 is 1.93 bits per heavy atom. The summed E-state index contributed by atoms with van der Waals surface area (Å²) in [7, 11) is -4.13. The van der Waals surface area contributed by atoms with Crippen molar-refractivity contribution in [2.45, 2.75) is 71.9 Å². The summed E-state index contributed by atoms with van der Waals surface area (Å²) < 4.78 is 37.9. The Labute approximate surface area is 240 Å². The first-order valence-electron chi connectivity index (χ1n) is 13.9. The van der Waals surface area contributed by atoms with Gasteiger partial charge in [0.15, 0.2) is 0 Å². The molecule has 11 nitrogen and oxygen atoms in total. The Morgan fingerprint density at radius 1 is 1.15 bits per heavy atom. The number of aromatic nitrogens is 3. The molecule has 1 aliphatic rings. The van der Waals surface area contributed by atoms with Gasteiger partial charge in [-0.05, 0) is 67.5 Å². The van der Waals surface area contributed by atoms with E-state index in [9.17, 15) is 18.3 Å². The first kappa shape index (κ1) is 30.5. The third-order valence-electron chi connectivity index (χ3n) is 7.41. The van der Waals surface area contributed by atoms with Crippen molar-refractivity contribution in [2.75, 3.05) is 19.8 Å². The minimum absolute atomic E-state index is 0.0169. The van der Waals surface area contributed by atoms with E-state index in [1.807, 2.05) is 48.9 Å². The zero-order valence-corrected chi connectivity index (χ0v) is 24.6. The molecule has 2 N–H and O–H groups in total. The second-order valence-corrected chi connectivity index (χ2v) is 11.8. The van der Waals surface area contributed by atoms with Crippen molar-refractivity contribution in [1.82, 2.24) is 19.3 Å². The molecule has 0 aliphatic carbocycles. The van der Waals surface area contributed by atoms with Gasteiger partial charge in [0.05, 0.1) is 18.5 Å². The fourth-order valence-corrected chi connectivity index (χ4v) is 6.07. The van der Waals surface area contributed by atoms with Crippen LogP contribution in [0, 0.1) is 13.8 Å². The third-order valence-corrected chi connectivity index (χ3v) is 8.70. The first-order chi connectivity index (χ1) is 19.6. The summed E-state index contributed by atoms with van der Waals surface area (Å²) in [6.07, 6.45) is 5.10. The molecule has 12 heteroatoms. The number of benzene rings is 2. The van der Waals surface area contributed by atoms with E-state index in [0.717, 1.165) is 75.4 Å². The second-order valence-electron chi connectivity index (χ2n) is 10.2. The van der Waals surface area contributed by atoms with Crippen LogP contribution in [0.25, 0.3) is 11.0 Å². The van der Waals surface area contributed by atoms with Gasteiger partial charge in [0, 0.05) is 38.2 Å². The zero-order chi connectivity index (χ0) is 29.6. The number of hydrogen-bond donors (Lipinski definition) is 2. The van der Waals surface area contributed by atoms with Gasteiger partial charge in [0.1, 0.15) is 5.52 Å². The van der Waals surface area contributed by atoms with Crippen LogP contribution in [-0.4, -0.2) is 63.7 Å². The first-order valence-corrected chi connectivity index (χ1v) is 15.3. The number of aryl methyl sites for hydroxylation is 3. The molecule has 4 rings (SSSR count). The molecule has 1 aliphatic heterocycles. The van der Waals surface area contributed by atoms with E-state index in [4.69, 9.17) is 9.84 Å². The molecule has 0 amide bonds. The summed E-state index contributed by atoms with van der Waals surface area (Å²) in [6, 6.07) is 9.76. The van der Waals surface area contributed by atoms with Crippen molar-refractivity contribution in [2.24, 2.45) is 0 Å². The molecule has 1 unspecified atom stereocenters. The highest BCUT2D eigenvalue weighted by molar-refractivity contribution is 7.84. The highest BCUT2D eigenvalue weighted by Crippen LogP contribution is 2.35. The number of esters is 1. The number of ether oxygens (including phenoxy) is 1. The molecule has 0 saturated carbocycles. The monoisotopic (exact) mass is 586 g/mol. The van der Waals surface area contributed by atoms with Crippen LogP contribution in [0.4, 0.5) is 0 Å². The van der Waals surface area contributed by atoms with E-state index in [1.165, 1.54) is 6.08 Å². The van der Waals surface area contributed by atoms with Crippen LogP contribution in [0.2, 0.25) is 0 Å². The minimum atomic E-state index is -4.13. The summed E-state index contributed by atoms with van der Waals surface area (Å²) in [6.45, 7) is 6.86. The van der Waals surface area contributed by atoms with E-state index in [2.05, 4.69) is 14.5 Å². The fourth-order valence-electron chi connectivity index (χ4n) is 5.12. The van der Waals surface area contributed by atoms with E-state index >= 15 is 0 Å². The lowest BCUT2D eigenvalue weighted by atomic mass is 9.84. The maximum atomic E-state index is 12.8. The molecular formula is C29H38N4O7S. The fraction of sp³-hybridized carbons (Fsp3) is 0.483. The highest BCUT2D eigenvalue weighted by atomic mass is 32.2. The average Bonchev–Trinajstić information content (AvgIpc) is 3.34. The van der Waals surface area contributed by atoms with Gasteiger partial charge in [-0.25, -0.2) is 4.68 Å². The van der Waals surface area contributed by atoms with Gasteiger partial charge >= 0.3 is 16.3 Å². The number of hydrogen-bond acceptors (Lipinski definition) is 9. The van der Waals surface area contributed by atoms with Crippen LogP contribution in [0.1, 0.15) is 72.8 Å². The van der Waals surface area contributed by atoms with Crippen molar-refractivity contribution >= 4 is 27.3 Å². The number of rotatable bonds is 13. The zero-order valence-electron chi connectivity index (χ0n) is 23.7. The summed E-state index contributed by atoms with van der Waals surface area (Å²) in [5, 5.41) is 27.3. The molecule has 1 atom stereocenters. The Hall–Kier alpha value is -3.48. The molecule has 3 aromatic rings. The quantitative estimate of drug-likeness (QED) is 0.223. The molecule has 0 bridgehead atoms. The summed E-state index contributed by atoms with van der Waals surface area (Å²) in [4.78, 5) is 12.8. The van der Waals surface area contributed by atoms with Gasteiger partial charge in [0.2, 0.25) is 0 Å². The molecule has 1 aromatic heterocycles. The number of nitrogens with zero attached hydrogens (tertiary/aromatic N) is 4. The number of aliphatic hydroxyl groups excluding tert-OH is 2. The molecule has 0 saturated heterocycles. The summed E-state index contributed by atoms with van der Waals surface area (Å²) in [5.41, 5.74) is 5.99. The van der Waals surface area contributed by atoms with Crippen molar-refractivity contribution in [3.63, 3.8) is 0 Å². The average molecular weight is 587 g/mol. The summed E-state index contributed by atoms with van der Waals surface area (Å²) in [5.74, 6) is -1.33. The van der Waals surface area contributed by atoms with Crippen LogP contribution >= 0.6 is 0 Å². The van der Waals surface area contributed by atoms with Crippen LogP contribution in [-0.2, 0) is 37.1 Å². The van der Waals surface area contributed by atoms with Gasteiger partial charge in [-0.2, -0.15) is 12.7 Å². The largest absolute Gasteiger partial charge is 0.480 e. The number of carbonyl (C=O) groups is 1. The number of fused-ring (bicyclic) bond motifs is 1. The minimum Gasteiger partial charge on any atom is -0.480 e. The predicted molar refractivity (Wildman–Crippen MR) is 153 cm³/mol. The van der Waals surface area contributed by atoms with Gasteiger partial charge < -0.3 is 19.1 Å². The molecule has 222 valence electrons. The SMILES string of the molecule is CCOC(=O)CC(c1ccc(C)c(CN2CC=C(O)OS2(=O)=O)c1)c1ccc2c(nnn2CCCCCCO)c1C. The number of carbonyl (C=O) groups excluding carboxylic acids is 1. The molecular weight excluding hydrogens is 548 g/mol. The molecule has 0 spiro atoms. The van der Waals surface area contributed by atoms with E-state index in [0.29, 0.717) is 0 Å². The van der Waals surface area contributed by atoms with E-state index < -0.39 is 16.2 Å². The van der Waals surface area contributed by atoms with Gasteiger partial charge in [-0.1, -0.05) is 42.3 Å². The maximum absolute atomic E-state index is 12.8. The number of aliphatic hydroxyl groups is 2. The standard InChI is InChI=1S/C29H38N4O7S/c1-4-39-28(36)18-25(22-10-9-20(2)23(17-22)19-32-15-13-27(35)40-41(32,37)38)24-11-12-26-29(21(24)3)30-31-33(26)14-7-5-6-8-16-34/h9-13,17,25,34-35H,4-8,14-16,18-19H2,1-3H3. The Balaban J connectivity index is 1.67. The molecule has 2 heterocycles. The smallest absolute Gasteiger partial charge is 0.388 e. The van der Waals surface area contributed by atoms with E-state index in [1.54, 1.807) is 6.92 Å². The lowest BCUT2D eigenvalue weighted by Gasteiger charge is -2.25. The van der Waals surface area contributed by atoms with Crippen LogP contribution in [0.5, 0.6) is 0 Å². The summed E-state index contributed by atoms with van der Waals surface area (Å²) >= 11 is 0. The second kappa shape index (κ2) is 13.5. The molecule has 0 radical (unpaired) electrons. The van der Waals surface area contributed by atoms with Crippen molar-refractivity contribution < 1.29 is 32.3 Å². The van der Waals surface area contributed by atoms with Crippen molar-refractivity contribution in [1.29, 1.82) is 0 Å². The van der Waals surface area contributed by atoms with Crippen molar-refractivity contribution in [3.05, 3.63) is 70.2 Å². The maximum Gasteiger partial charge on any atom is 0.388 e. The molecule has 0 fully saturated rings. The lowest BCUT2D eigenvalue weighted by Crippen LogP contribution is -2.35. The number of unbranched alkanes of at least 4 members (excludes halogenated alkanes) is 3. The Kier molecular flexibility index (Phi) is 10.0. The van der Waals surface area contributed by atoms with Gasteiger partial charge in [-0.3, -0.25) is 4.79 Å². The molecule has 41 heavy (non-hydrogen) atoms. The molecule has 2 aromatic carbocycles. The predicted octanol–water partition coefficient (Wildman–Crippen LogP) is 4.16. The topological polar surface area (TPSA) is 144 Å². The Morgan fingerprint density at radius 3 is 2.66 bits per heavy atom. The van der Waals surface area contributed by atoms with Crippen molar-refractivity contribution in [3.8, 4) is 0 Å². The van der Waals surface area contributed by atoms with E-state index in [-0.39, 0.29) is 44.6 Å². The Bertz CT molecular complexity index is 1520. The lowest BCUT2D eigenvalue weighted by molar-refractivity contribution is -0.143.